The fourth-order valence-corrected chi connectivity index (χ4v) is 3.71. The van der Waals surface area contributed by atoms with Crippen LogP contribution in [-0.2, 0) is 22.6 Å². The quantitative estimate of drug-likeness (QED) is 0.846. The van der Waals surface area contributed by atoms with Crippen LogP contribution in [0, 0.1) is 5.92 Å². The van der Waals surface area contributed by atoms with Gasteiger partial charge in [0.05, 0.1) is 12.5 Å². The number of carbonyl (C=O) groups excluding carboxylic acids is 2. The van der Waals surface area contributed by atoms with Crippen molar-refractivity contribution < 1.29 is 9.59 Å². The van der Waals surface area contributed by atoms with Gasteiger partial charge in [0.1, 0.15) is 10.0 Å². The van der Waals surface area contributed by atoms with Gasteiger partial charge in [0.15, 0.2) is 0 Å². The first-order valence-corrected chi connectivity index (χ1v) is 9.78. The Hall–Kier alpha value is -2.28. The maximum atomic E-state index is 12.4. The molecule has 26 heavy (non-hydrogen) atoms. The lowest BCUT2D eigenvalue weighted by Crippen LogP contribution is -2.32. The van der Waals surface area contributed by atoms with Crippen molar-refractivity contribution in [1.29, 1.82) is 0 Å². The van der Waals surface area contributed by atoms with Gasteiger partial charge in [-0.2, -0.15) is 0 Å². The van der Waals surface area contributed by atoms with Crippen LogP contribution in [0.15, 0.2) is 24.3 Å². The molecule has 0 aliphatic carbocycles. The van der Waals surface area contributed by atoms with Crippen molar-refractivity contribution in [2.24, 2.45) is 5.92 Å². The van der Waals surface area contributed by atoms with E-state index in [0.29, 0.717) is 19.0 Å². The third-order valence-corrected chi connectivity index (χ3v) is 5.66. The number of carbonyl (C=O) groups is 2. The minimum Gasteiger partial charge on any atom is -0.349 e. The number of amides is 2. The summed E-state index contributed by atoms with van der Waals surface area (Å²) in [6, 6.07) is 8.00. The second kappa shape index (κ2) is 7.95. The molecule has 1 atom stereocenters. The molecule has 0 unspecified atom stereocenters. The fourth-order valence-electron chi connectivity index (χ4n) is 2.98. The highest BCUT2D eigenvalue weighted by molar-refractivity contribution is 7.11. The second-order valence-electron chi connectivity index (χ2n) is 6.81. The number of aryl methyl sites for hydroxylation is 1. The normalized spacial score (nSPS) is 17.2. The Bertz CT molecular complexity index is 785. The Labute approximate surface area is 157 Å². The summed E-state index contributed by atoms with van der Waals surface area (Å²) < 4.78 is 0. The van der Waals surface area contributed by atoms with Crippen LogP contribution in [0.2, 0.25) is 0 Å². The summed E-state index contributed by atoms with van der Waals surface area (Å²) in [5.74, 6) is 0.0100. The second-order valence-corrected chi connectivity index (χ2v) is 7.96. The van der Waals surface area contributed by atoms with Crippen LogP contribution < -0.4 is 10.2 Å². The minimum absolute atomic E-state index is 0.00775. The van der Waals surface area contributed by atoms with Crippen LogP contribution in [0.3, 0.4) is 0 Å². The molecule has 6 nitrogen and oxygen atoms in total. The average molecular weight is 372 g/mol. The zero-order chi connectivity index (χ0) is 18.7. The van der Waals surface area contributed by atoms with Gasteiger partial charge in [-0.25, -0.2) is 0 Å². The highest BCUT2D eigenvalue weighted by atomic mass is 32.1. The van der Waals surface area contributed by atoms with E-state index in [0.717, 1.165) is 22.1 Å². The lowest BCUT2D eigenvalue weighted by Gasteiger charge is -2.17. The molecule has 1 saturated heterocycles. The monoisotopic (exact) mass is 372 g/mol. The summed E-state index contributed by atoms with van der Waals surface area (Å²) >= 11 is 1.50. The predicted octanol–water partition coefficient (Wildman–Crippen LogP) is 2.89. The molecular weight excluding hydrogens is 348 g/mol. The van der Waals surface area contributed by atoms with Gasteiger partial charge < -0.3 is 10.2 Å². The van der Waals surface area contributed by atoms with E-state index in [-0.39, 0.29) is 24.2 Å². The third kappa shape index (κ3) is 4.09. The predicted molar refractivity (Wildman–Crippen MR) is 102 cm³/mol. The summed E-state index contributed by atoms with van der Waals surface area (Å²) in [5.41, 5.74) is 2.09. The Morgan fingerprint density at radius 3 is 2.58 bits per heavy atom. The van der Waals surface area contributed by atoms with Gasteiger partial charge in [0.25, 0.3) is 0 Å². The number of hydrogen-bond donors (Lipinski definition) is 1. The SMILES string of the molecule is CCc1nnc(CNC(=O)[C@H]2CC(=O)N(c3ccc(C(C)C)cc3)C2)s1. The molecule has 2 amide bonds. The minimum atomic E-state index is -0.328. The molecule has 1 aliphatic heterocycles. The lowest BCUT2D eigenvalue weighted by molar-refractivity contribution is -0.126. The molecule has 0 spiro atoms. The molecule has 3 rings (SSSR count). The summed E-state index contributed by atoms with van der Waals surface area (Å²) in [6.07, 6.45) is 1.08. The van der Waals surface area contributed by atoms with Crippen molar-refractivity contribution in [2.45, 2.75) is 46.1 Å². The van der Waals surface area contributed by atoms with Crippen LogP contribution >= 0.6 is 11.3 Å². The maximum absolute atomic E-state index is 12.4. The highest BCUT2D eigenvalue weighted by Gasteiger charge is 2.35. The number of benzene rings is 1. The van der Waals surface area contributed by atoms with Crippen LogP contribution in [0.1, 0.15) is 48.7 Å². The van der Waals surface area contributed by atoms with Crippen molar-refractivity contribution in [3.05, 3.63) is 39.8 Å². The number of anilines is 1. The van der Waals surface area contributed by atoms with Crippen molar-refractivity contribution >= 4 is 28.8 Å². The molecule has 7 heteroatoms. The summed E-state index contributed by atoms with van der Waals surface area (Å²) in [4.78, 5) is 26.5. The Kier molecular flexibility index (Phi) is 5.66. The lowest BCUT2D eigenvalue weighted by atomic mass is 10.0. The molecule has 2 aromatic rings. The fraction of sp³-hybridized carbons (Fsp3) is 0.474. The molecule has 1 fully saturated rings. The zero-order valence-electron chi connectivity index (χ0n) is 15.4. The number of nitrogens with one attached hydrogen (secondary N) is 1. The molecule has 0 bridgehead atoms. The van der Waals surface area contributed by atoms with Gasteiger partial charge in [-0.15, -0.1) is 10.2 Å². The van der Waals surface area contributed by atoms with Crippen molar-refractivity contribution in [3.63, 3.8) is 0 Å². The van der Waals surface area contributed by atoms with Gasteiger partial charge in [0.2, 0.25) is 11.8 Å². The van der Waals surface area contributed by atoms with E-state index in [2.05, 4.69) is 29.4 Å². The third-order valence-electron chi connectivity index (χ3n) is 4.59. The molecule has 0 saturated carbocycles. The number of nitrogens with zero attached hydrogens (tertiary/aromatic N) is 3. The summed E-state index contributed by atoms with van der Waals surface area (Å²) in [6.45, 7) is 7.08. The molecular formula is C19H24N4O2S. The van der Waals surface area contributed by atoms with Crippen molar-refractivity contribution in [1.82, 2.24) is 15.5 Å². The first-order valence-electron chi connectivity index (χ1n) is 8.97. The first-order chi connectivity index (χ1) is 12.5. The van der Waals surface area contributed by atoms with Crippen molar-refractivity contribution in [3.8, 4) is 0 Å². The van der Waals surface area contributed by atoms with E-state index in [1.54, 1.807) is 4.90 Å². The molecule has 1 aromatic heterocycles. The van der Waals surface area contributed by atoms with E-state index < -0.39 is 0 Å². The molecule has 2 heterocycles. The van der Waals surface area contributed by atoms with Crippen LogP contribution in [-0.4, -0.2) is 28.6 Å². The van der Waals surface area contributed by atoms with Gasteiger partial charge in [-0.05, 0) is 30.0 Å². The Morgan fingerprint density at radius 2 is 1.96 bits per heavy atom. The average Bonchev–Trinajstić information content (AvgIpc) is 3.26. The Morgan fingerprint density at radius 1 is 1.27 bits per heavy atom. The standard InChI is InChI=1S/C19H24N4O2S/c1-4-16-21-22-17(26-16)10-20-19(25)14-9-18(24)23(11-14)15-7-5-13(6-8-15)12(2)3/h5-8,12,14H,4,9-11H2,1-3H3,(H,20,25)/t14-/m0/s1. The Balaban J connectivity index is 1.58. The zero-order valence-corrected chi connectivity index (χ0v) is 16.2. The van der Waals surface area contributed by atoms with Gasteiger partial charge in [-0.3, -0.25) is 9.59 Å². The van der Waals surface area contributed by atoms with Crippen LogP contribution in [0.5, 0.6) is 0 Å². The van der Waals surface area contributed by atoms with E-state index in [1.807, 2.05) is 31.2 Å². The summed E-state index contributed by atoms with van der Waals surface area (Å²) in [5, 5.41) is 12.7. The highest BCUT2D eigenvalue weighted by Crippen LogP contribution is 2.27. The van der Waals surface area contributed by atoms with Crippen LogP contribution in [0.25, 0.3) is 0 Å². The van der Waals surface area contributed by atoms with Gasteiger partial charge >= 0.3 is 0 Å². The van der Waals surface area contributed by atoms with E-state index in [4.69, 9.17) is 0 Å². The molecule has 0 radical (unpaired) electrons. The molecule has 1 N–H and O–H groups in total. The van der Waals surface area contributed by atoms with Gasteiger partial charge in [0, 0.05) is 18.7 Å². The number of hydrogen-bond acceptors (Lipinski definition) is 5. The van der Waals surface area contributed by atoms with Crippen LogP contribution in [0.4, 0.5) is 5.69 Å². The van der Waals surface area contributed by atoms with Gasteiger partial charge in [-0.1, -0.05) is 44.2 Å². The molecule has 1 aromatic carbocycles. The smallest absolute Gasteiger partial charge is 0.227 e. The largest absolute Gasteiger partial charge is 0.349 e. The number of rotatable bonds is 6. The van der Waals surface area contributed by atoms with E-state index in [1.165, 1.54) is 16.9 Å². The molecule has 138 valence electrons. The molecule has 1 aliphatic rings. The number of aromatic nitrogens is 2. The topological polar surface area (TPSA) is 75.2 Å². The summed E-state index contributed by atoms with van der Waals surface area (Å²) in [7, 11) is 0. The van der Waals surface area contributed by atoms with Crippen molar-refractivity contribution in [2.75, 3.05) is 11.4 Å². The van der Waals surface area contributed by atoms with E-state index >= 15 is 0 Å². The first kappa shape index (κ1) is 18.5. The maximum Gasteiger partial charge on any atom is 0.227 e. The van der Waals surface area contributed by atoms with E-state index in [9.17, 15) is 9.59 Å².